The molecular formula is C26H24N2. The molecule has 0 aliphatic rings. The molecule has 0 aliphatic carbocycles. The minimum absolute atomic E-state index is 0.812. The van der Waals surface area contributed by atoms with Gasteiger partial charge < -0.3 is 11.5 Å². The van der Waals surface area contributed by atoms with Crippen LogP contribution in [0.1, 0.15) is 22.3 Å². The quantitative estimate of drug-likeness (QED) is 0.446. The zero-order chi connectivity index (χ0) is 19.3. The van der Waals surface area contributed by atoms with Gasteiger partial charge in [0.15, 0.2) is 0 Å². The lowest BCUT2D eigenvalue weighted by Crippen LogP contribution is -1.92. The van der Waals surface area contributed by atoms with Crippen LogP contribution < -0.4 is 11.5 Å². The van der Waals surface area contributed by atoms with E-state index in [0.717, 1.165) is 24.2 Å². The van der Waals surface area contributed by atoms with E-state index in [9.17, 15) is 0 Å². The lowest BCUT2D eigenvalue weighted by molar-refractivity contribution is 1.19. The van der Waals surface area contributed by atoms with Crippen LogP contribution >= 0.6 is 0 Å². The van der Waals surface area contributed by atoms with Crippen LogP contribution in [-0.2, 0) is 12.8 Å². The second-order valence-electron chi connectivity index (χ2n) is 7.24. The van der Waals surface area contributed by atoms with Gasteiger partial charge in [-0.1, -0.05) is 72.8 Å². The molecule has 0 unspecified atom stereocenters. The van der Waals surface area contributed by atoms with Gasteiger partial charge >= 0.3 is 0 Å². The Kier molecular flexibility index (Phi) is 5.11. The summed E-state index contributed by atoms with van der Waals surface area (Å²) in [5.41, 5.74) is 20.9. The normalized spacial score (nSPS) is 10.7. The van der Waals surface area contributed by atoms with E-state index in [-0.39, 0.29) is 0 Å². The highest BCUT2D eigenvalue weighted by atomic mass is 14.5. The average molecular weight is 364 g/mol. The Morgan fingerprint density at radius 2 is 0.821 bits per heavy atom. The van der Waals surface area contributed by atoms with E-state index in [1.807, 2.05) is 36.4 Å². The Morgan fingerprint density at radius 3 is 1.18 bits per heavy atom. The van der Waals surface area contributed by atoms with Crippen LogP contribution in [0.15, 0.2) is 97.1 Å². The number of anilines is 2. The molecule has 4 aromatic rings. The molecule has 0 aliphatic heterocycles. The molecule has 2 heteroatoms. The van der Waals surface area contributed by atoms with Crippen molar-refractivity contribution >= 4 is 11.4 Å². The van der Waals surface area contributed by atoms with E-state index in [0.29, 0.717) is 0 Å². The SMILES string of the molecule is Nc1cccc(Cc2ccc(-c3ccc(Cc4cccc(N)c4)cc3)cc2)c1. The van der Waals surface area contributed by atoms with Crippen molar-refractivity contribution < 1.29 is 0 Å². The lowest BCUT2D eigenvalue weighted by atomic mass is 9.98. The molecule has 0 saturated carbocycles. The Hall–Kier alpha value is -3.52. The van der Waals surface area contributed by atoms with Crippen molar-refractivity contribution in [3.8, 4) is 11.1 Å². The molecule has 4 N–H and O–H groups in total. The summed E-state index contributed by atoms with van der Waals surface area (Å²) < 4.78 is 0. The van der Waals surface area contributed by atoms with Crippen LogP contribution in [0.4, 0.5) is 11.4 Å². The molecule has 0 spiro atoms. The molecule has 0 radical (unpaired) electrons. The number of benzene rings is 4. The standard InChI is InChI=1S/C26H24N2/c27-25-5-1-3-21(17-25)15-19-7-11-23(12-8-19)24-13-9-20(10-14-24)16-22-4-2-6-26(28)18-22/h1-14,17-18H,15-16,27-28H2. The first kappa shape index (κ1) is 17.9. The topological polar surface area (TPSA) is 52.0 Å². The average Bonchev–Trinajstić information content (AvgIpc) is 2.69. The summed E-state index contributed by atoms with van der Waals surface area (Å²) in [4.78, 5) is 0. The predicted molar refractivity (Wildman–Crippen MR) is 119 cm³/mol. The molecular weight excluding hydrogens is 340 g/mol. The van der Waals surface area contributed by atoms with Gasteiger partial charge in [-0.05, 0) is 70.5 Å². The minimum atomic E-state index is 0.812. The zero-order valence-electron chi connectivity index (χ0n) is 15.8. The van der Waals surface area contributed by atoms with Crippen LogP contribution in [0.5, 0.6) is 0 Å². The van der Waals surface area contributed by atoms with Crippen molar-refractivity contribution in [3.63, 3.8) is 0 Å². The van der Waals surface area contributed by atoms with Gasteiger partial charge in [0.2, 0.25) is 0 Å². The number of hydrogen-bond donors (Lipinski definition) is 2. The Morgan fingerprint density at radius 1 is 0.429 bits per heavy atom. The summed E-state index contributed by atoms with van der Waals surface area (Å²) >= 11 is 0. The fourth-order valence-electron chi connectivity index (χ4n) is 3.51. The van der Waals surface area contributed by atoms with Crippen molar-refractivity contribution in [1.82, 2.24) is 0 Å². The lowest BCUT2D eigenvalue weighted by Gasteiger charge is -2.08. The maximum absolute atomic E-state index is 5.87. The summed E-state index contributed by atoms with van der Waals surface area (Å²) in [6.07, 6.45) is 1.79. The van der Waals surface area contributed by atoms with Crippen molar-refractivity contribution in [2.45, 2.75) is 12.8 Å². The van der Waals surface area contributed by atoms with E-state index in [1.54, 1.807) is 0 Å². The van der Waals surface area contributed by atoms with Crippen molar-refractivity contribution in [3.05, 3.63) is 119 Å². The fourth-order valence-corrected chi connectivity index (χ4v) is 3.51. The second kappa shape index (κ2) is 8.01. The third kappa shape index (κ3) is 4.41. The van der Waals surface area contributed by atoms with Crippen molar-refractivity contribution in [2.24, 2.45) is 0 Å². The van der Waals surface area contributed by atoms with Gasteiger partial charge in [-0.3, -0.25) is 0 Å². The molecule has 2 nitrogen and oxygen atoms in total. The maximum atomic E-state index is 5.87. The summed E-state index contributed by atoms with van der Waals surface area (Å²) in [5, 5.41) is 0. The predicted octanol–water partition coefficient (Wildman–Crippen LogP) is 5.70. The van der Waals surface area contributed by atoms with Crippen LogP contribution in [0.25, 0.3) is 11.1 Å². The Labute approximate surface area is 166 Å². The molecule has 0 aromatic heterocycles. The molecule has 0 heterocycles. The number of hydrogen-bond acceptors (Lipinski definition) is 2. The highest BCUT2D eigenvalue weighted by molar-refractivity contribution is 5.64. The Balaban J connectivity index is 1.45. The van der Waals surface area contributed by atoms with Crippen LogP contribution in [0.3, 0.4) is 0 Å². The smallest absolute Gasteiger partial charge is 0.0316 e. The summed E-state index contributed by atoms with van der Waals surface area (Å²) in [5.74, 6) is 0. The van der Waals surface area contributed by atoms with Gasteiger partial charge in [0.05, 0.1) is 0 Å². The molecule has 0 amide bonds. The molecule has 138 valence electrons. The fraction of sp³-hybridized carbons (Fsp3) is 0.0769. The van der Waals surface area contributed by atoms with Gasteiger partial charge in [-0.15, -0.1) is 0 Å². The molecule has 4 rings (SSSR count). The molecule has 0 saturated heterocycles. The van der Waals surface area contributed by atoms with E-state index in [4.69, 9.17) is 11.5 Å². The van der Waals surface area contributed by atoms with Gasteiger partial charge in [0.1, 0.15) is 0 Å². The maximum Gasteiger partial charge on any atom is 0.0316 e. The highest BCUT2D eigenvalue weighted by Crippen LogP contribution is 2.23. The minimum Gasteiger partial charge on any atom is -0.399 e. The highest BCUT2D eigenvalue weighted by Gasteiger charge is 2.02. The second-order valence-corrected chi connectivity index (χ2v) is 7.24. The number of nitrogen functional groups attached to an aromatic ring is 2. The molecule has 28 heavy (non-hydrogen) atoms. The zero-order valence-corrected chi connectivity index (χ0v) is 15.8. The first-order valence-electron chi connectivity index (χ1n) is 9.53. The molecule has 4 aromatic carbocycles. The first-order valence-corrected chi connectivity index (χ1v) is 9.53. The summed E-state index contributed by atoms with van der Waals surface area (Å²) in [7, 11) is 0. The monoisotopic (exact) mass is 364 g/mol. The largest absolute Gasteiger partial charge is 0.399 e. The number of rotatable bonds is 5. The third-order valence-electron chi connectivity index (χ3n) is 4.96. The number of nitrogens with two attached hydrogens (primary N) is 2. The first-order chi connectivity index (χ1) is 13.7. The van der Waals surface area contributed by atoms with E-state index in [2.05, 4.69) is 60.7 Å². The van der Waals surface area contributed by atoms with Crippen LogP contribution in [-0.4, -0.2) is 0 Å². The van der Waals surface area contributed by atoms with Crippen molar-refractivity contribution in [1.29, 1.82) is 0 Å². The summed E-state index contributed by atoms with van der Waals surface area (Å²) in [6.45, 7) is 0. The van der Waals surface area contributed by atoms with Gasteiger partial charge in [0.25, 0.3) is 0 Å². The van der Waals surface area contributed by atoms with Gasteiger partial charge in [-0.25, -0.2) is 0 Å². The van der Waals surface area contributed by atoms with E-state index in [1.165, 1.54) is 33.4 Å². The molecule has 0 fully saturated rings. The van der Waals surface area contributed by atoms with Crippen LogP contribution in [0, 0.1) is 0 Å². The molecule has 0 atom stereocenters. The van der Waals surface area contributed by atoms with E-state index < -0.39 is 0 Å². The van der Waals surface area contributed by atoms with Gasteiger partial charge in [-0.2, -0.15) is 0 Å². The van der Waals surface area contributed by atoms with Crippen LogP contribution in [0.2, 0.25) is 0 Å². The van der Waals surface area contributed by atoms with Gasteiger partial charge in [0, 0.05) is 11.4 Å². The summed E-state index contributed by atoms with van der Waals surface area (Å²) in [6, 6.07) is 33.7. The Bertz CT molecular complexity index is 975. The molecule has 0 bridgehead atoms. The van der Waals surface area contributed by atoms with E-state index >= 15 is 0 Å². The van der Waals surface area contributed by atoms with Crippen molar-refractivity contribution in [2.75, 3.05) is 11.5 Å². The third-order valence-corrected chi connectivity index (χ3v) is 4.96.